The van der Waals surface area contributed by atoms with Gasteiger partial charge in [0.25, 0.3) is 0 Å². The lowest BCUT2D eigenvalue weighted by Crippen LogP contribution is -2.44. The summed E-state index contributed by atoms with van der Waals surface area (Å²) in [4.78, 5) is 11.3. The van der Waals surface area contributed by atoms with E-state index in [9.17, 15) is 0 Å². The standard InChI is InChI=1S/C15H20N4O3/c1-20-11-8-10-9-17-15(19-6-4-16-5-7-19)18-12(10)14(22-3)13(11)21-2/h8-9,16H,4-7H2,1-3H3. The first kappa shape index (κ1) is 14.6. The Morgan fingerprint density at radius 3 is 2.41 bits per heavy atom. The first-order valence-electron chi connectivity index (χ1n) is 7.20. The number of hydrogen-bond acceptors (Lipinski definition) is 7. The zero-order chi connectivity index (χ0) is 15.5. The monoisotopic (exact) mass is 304 g/mol. The Kier molecular flexibility index (Phi) is 4.15. The Morgan fingerprint density at radius 1 is 1.05 bits per heavy atom. The quantitative estimate of drug-likeness (QED) is 0.906. The van der Waals surface area contributed by atoms with Crippen molar-refractivity contribution in [1.82, 2.24) is 15.3 Å². The van der Waals surface area contributed by atoms with Crippen molar-refractivity contribution in [3.63, 3.8) is 0 Å². The van der Waals surface area contributed by atoms with Crippen LogP contribution < -0.4 is 24.4 Å². The van der Waals surface area contributed by atoms with E-state index >= 15 is 0 Å². The van der Waals surface area contributed by atoms with Crippen molar-refractivity contribution in [2.45, 2.75) is 0 Å². The van der Waals surface area contributed by atoms with E-state index in [1.54, 1.807) is 27.5 Å². The van der Waals surface area contributed by atoms with Crippen LogP contribution in [0.15, 0.2) is 12.3 Å². The van der Waals surface area contributed by atoms with Crippen LogP contribution in [0.4, 0.5) is 5.95 Å². The highest BCUT2D eigenvalue weighted by Crippen LogP contribution is 2.42. The predicted molar refractivity (Wildman–Crippen MR) is 84.3 cm³/mol. The van der Waals surface area contributed by atoms with Crippen LogP contribution >= 0.6 is 0 Å². The molecule has 7 heteroatoms. The SMILES string of the molecule is COc1cc2cnc(N3CCNCC3)nc2c(OC)c1OC. The zero-order valence-corrected chi connectivity index (χ0v) is 13.0. The lowest BCUT2D eigenvalue weighted by molar-refractivity contribution is 0.327. The molecule has 22 heavy (non-hydrogen) atoms. The number of hydrogen-bond donors (Lipinski definition) is 1. The molecule has 118 valence electrons. The van der Waals surface area contributed by atoms with Crippen LogP contribution in [0.1, 0.15) is 0 Å². The third-order valence-electron chi connectivity index (χ3n) is 3.76. The molecular formula is C15H20N4O3. The van der Waals surface area contributed by atoms with Crippen molar-refractivity contribution in [2.75, 3.05) is 52.4 Å². The number of anilines is 1. The van der Waals surface area contributed by atoms with Crippen LogP contribution in [0.25, 0.3) is 10.9 Å². The van der Waals surface area contributed by atoms with Gasteiger partial charge in [-0.2, -0.15) is 0 Å². The van der Waals surface area contributed by atoms with E-state index in [1.807, 2.05) is 6.07 Å². The summed E-state index contributed by atoms with van der Waals surface area (Å²) in [5.74, 6) is 2.42. The van der Waals surface area contributed by atoms with Crippen molar-refractivity contribution < 1.29 is 14.2 Å². The molecule has 2 heterocycles. The topological polar surface area (TPSA) is 68.7 Å². The highest BCUT2D eigenvalue weighted by molar-refractivity contribution is 5.90. The van der Waals surface area contributed by atoms with E-state index in [-0.39, 0.29) is 0 Å². The van der Waals surface area contributed by atoms with Crippen LogP contribution in [0.5, 0.6) is 17.2 Å². The summed E-state index contributed by atoms with van der Waals surface area (Å²) in [6.07, 6.45) is 1.80. The van der Waals surface area contributed by atoms with E-state index < -0.39 is 0 Å². The zero-order valence-electron chi connectivity index (χ0n) is 13.0. The largest absolute Gasteiger partial charge is 0.493 e. The number of rotatable bonds is 4. The summed E-state index contributed by atoms with van der Waals surface area (Å²) in [6, 6.07) is 1.86. The first-order valence-corrected chi connectivity index (χ1v) is 7.20. The Balaban J connectivity index is 2.13. The van der Waals surface area contributed by atoms with Gasteiger partial charge in [-0.05, 0) is 6.07 Å². The Hall–Kier alpha value is -2.28. The van der Waals surface area contributed by atoms with Gasteiger partial charge in [0.15, 0.2) is 11.5 Å². The molecule has 1 aromatic carbocycles. The highest BCUT2D eigenvalue weighted by Gasteiger charge is 2.20. The average molecular weight is 304 g/mol. The maximum atomic E-state index is 5.51. The van der Waals surface area contributed by atoms with E-state index in [0.717, 1.165) is 37.1 Å². The fourth-order valence-electron chi connectivity index (χ4n) is 2.65. The number of nitrogens with one attached hydrogen (secondary N) is 1. The van der Waals surface area contributed by atoms with E-state index in [0.29, 0.717) is 23.2 Å². The molecule has 1 aliphatic rings. The number of ether oxygens (including phenoxy) is 3. The second-order valence-electron chi connectivity index (χ2n) is 4.99. The van der Waals surface area contributed by atoms with Gasteiger partial charge in [-0.15, -0.1) is 0 Å². The molecular weight excluding hydrogens is 284 g/mol. The third kappa shape index (κ3) is 2.48. The molecule has 0 amide bonds. The molecule has 1 saturated heterocycles. The van der Waals surface area contributed by atoms with Crippen molar-refractivity contribution in [3.8, 4) is 17.2 Å². The minimum absolute atomic E-state index is 0.544. The fourth-order valence-corrected chi connectivity index (χ4v) is 2.65. The summed E-state index contributed by atoms with van der Waals surface area (Å²) in [7, 11) is 4.78. The van der Waals surface area contributed by atoms with Gasteiger partial charge in [0.05, 0.1) is 21.3 Å². The predicted octanol–water partition coefficient (Wildman–Crippen LogP) is 1.07. The minimum atomic E-state index is 0.544. The van der Waals surface area contributed by atoms with Crippen LogP contribution in [0, 0.1) is 0 Å². The molecule has 0 radical (unpaired) electrons. The summed E-state index contributed by atoms with van der Waals surface area (Å²) < 4.78 is 16.3. The maximum Gasteiger partial charge on any atom is 0.226 e. The van der Waals surface area contributed by atoms with Crippen molar-refractivity contribution in [3.05, 3.63) is 12.3 Å². The number of fused-ring (bicyclic) bond motifs is 1. The molecule has 1 N–H and O–H groups in total. The molecule has 7 nitrogen and oxygen atoms in total. The van der Waals surface area contributed by atoms with Crippen LogP contribution in [0.3, 0.4) is 0 Å². The first-order chi connectivity index (χ1) is 10.8. The van der Waals surface area contributed by atoms with Gasteiger partial charge in [0, 0.05) is 37.8 Å². The summed E-state index contributed by atoms with van der Waals surface area (Å²) in [5.41, 5.74) is 0.726. The summed E-state index contributed by atoms with van der Waals surface area (Å²) in [5, 5.41) is 4.17. The van der Waals surface area contributed by atoms with Crippen molar-refractivity contribution >= 4 is 16.9 Å². The van der Waals surface area contributed by atoms with Crippen LogP contribution in [-0.4, -0.2) is 57.5 Å². The molecule has 0 spiro atoms. The van der Waals surface area contributed by atoms with E-state index in [4.69, 9.17) is 14.2 Å². The fraction of sp³-hybridized carbons (Fsp3) is 0.467. The highest BCUT2D eigenvalue weighted by atomic mass is 16.5. The molecule has 2 aromatic rings. The smallest absolute Gasteiger partial charge is 0.226 e. The molecule has 1 aliphatic heterocycles. The van der Waals surface area contributed by atoms with E-state index in [2.05, 4.69) is 20.2 Å². The third-order valence-corrected chi connectivity index (χ3v) is 3.76. The second-order valence-corrected chi connectivity index (χ2v) is 4.99. The minimum Gasteiger partial charge on any atom is -0.493 e. The number of nitrogens with zero attached hydrogens (tertiary/aromatic N) is 3. The van der Waals surface area contributed by atoms with Gasteiger partial charge in [-0.25, -0.2) is 9.97 Å². The summed E-state index contributed by atoms with van der Waals surface area (Å²) in [6.45, 7) is 3.65. The molecule has 0 aliphatic carbocycles. The number of piperazine rings is 1. The Labute approximate surface area is 129 Å². The van der Waals surface area contributed by atoms with Crippen molar-refractivity contribution in [1.29, 1.82) is 0 Å². The van der Waals surface area contributed by atoms with E-state index in [1.165, 1.54) is 0 Å². The van der Waals surface area contributed by atoms with Gasteiger partial charge < -0.3 is 24.4 Å². The van der Waals surface area contributed by atoms with Gasteiger partial charge in [-0.3, -0.25) is 0 Å². The van der Waals surface area contributed by atoms with Crippen LogP contribution in [-0.2, 0) is 0 Å². The van der Waals surface area contributed by atoms with Gasteiger partial charge in [-0.1, -0.05) is 0 Å². The Morgan fingerprint density at radius 2 is 1.77 bits per heavy atom. The molecule has 0 bridgehead atoms. The number of benzene rings is 1. The maximum absolute atomic E-state index is 5.51. The van der Waals surface area contributed by atoms with Gasteiger partial charge in [0.1, 0.15) is 5.52 Å². The lowest BCUT2D eigenvalue weighted by Gasteiger charge is -2.27. The summed E-state index contributed by atoms with van der Waals surface area (Å²) >= 11 is 0. The average Bonchev–Trinajstić information content (AvgIpc) is 2.60. The molecule has 0 atom stereocenters. The lowest BCUT2D eigenvalue weighted by atomic mass is 10.2. The second kappa shape index (κ2) is 6.23. The number of methoxy groups -OCH3 is 3. The normalized spacial score (nSPS) is 15.0. The number of aromatic nitrogens is 2. The van der Waals surface area contributed by atoms with Crippen molar-refractivity contribution in [2.24, 2.45) is 0 Å². The molecule has 0 unspecified atom stereocenters. The van der Waals surface area contributed by atoms with Gasteiger partial charge >= 0.3 is 0 Å². The van der Waals surface area contributed by atoms with Gasteiger partial charge in [0.2, 0.25) is 11.7 Å². The molecule has 3 rings (SSSR count). The molecule has 1 aromatic heterocycles. The Bertz CT molecular complexity index is 671. The molecule has 0 saturated carbocycles. The molecule has 1 fully saturated rings. The van der Waals surface area contributed by atoms with Crippen LogP contribution in [0.2, 0.25) is 0 Å².